The van der Waals surface area contributed by atoms with E-state index >= 15 is 0 Å². The number of fused-ring (bicyclic) bond motifs is 1. The van der Waals surface area contributed by atoms with E-state index in [-0.39, 0.29) is 0 Å². The Hall–Kier alpha value is -3.61. The summed E-state index contributed by atoms with van der Waals surface area (Å²) < 4.78 is 0. The number of rotatable bonds is 3. The molecule has 0 saturated carbocycles. The van der Waals surface area contributed by atoms with Crippen LogP contribution in [-0.4, -0.2) is 20.2 Å². The number of nitrogens with two attached hydrogens (primary N) is 1. The summed E-state index contributed by atoms with van der Waals surface area (Å²) in [5.41, 5.74) is 9.59. The second-order valence-electron chi connectivity index (χ2n) is 5.67. The maximum absolute atomic E-state index is 5.99. The predicted octanol–water partition coefficient (Wildman–Crippen LogP) is 4.33. The molecule has 122 valence electrons. The number of nitrogen functional groups attached to an aromatic ring is 1. The molecule has 0 aliphatic rings. The first-order valence-corrected chi connectivity index (χ1v) is 7.72. The Bertz CT molecular complexity index is 1050. The molecule has 0 atom stereocenters. The van der Waals surface area contributed by atoms with Gasteiger partial charge in [0.05, 0.1) is 6.20 Å². The Morgan fingerprint density at radius 1 is 0.960 bits per heavy atom. The van der Waals surface area contributed by atoms with Crippen LogP contribution in [0.5, 0.6) is 0 Å². The van der Waals surface area contributed by atoms with Crippen LogP contribution in [0.4, 0.5) is 17.3 Å². The van der Waals surface area contributed by atoms with Crippen molar-refractivity contribution in [3.63, 3.8) is 0 Å². The minimum Gasteiger partial charge on any atom is -0.382 e. The van der Waals surface area contributed by atoms with Crippen molar-refractivity contribution >= 4 is 28.1 Å². The number of benzene rings is 1. The molecule has 0 spiro atoms. The van der Waals surface area contributed by atoms with Crippen molar-refractivity contribution in [1.29, 1.82) is 0 Å². The number of pyridine rings is 2. The number of nitrogens with one attached hydrogen (secondary N) is 1. The number of anilines is 1. The molecule has 7 heteroatoms. The molecule has 0 unspecified atom stereocenters. The van der Waals surface area contributed by atoms with Crippen LogP contribution in [0.2, 0.25) is 0 Å². The van der Waals surface area contributed by atoms with Crippen LogP contribution in [0.15, 0.2) is 65.3 Å². The van der Waals surface area contributed by atoms with Gasteiger partial charge in [-0.3, -0.25) is 5.10 Å². The molecular formula is C18H15N7. The summed E-state index contributed by atoms with van der Waals surface area (Å²) >= 11 is 0. The highest BCUT2D eigenvalue weighted by Gasteiger charge is 2.07. The average molecular weight is 329 g/mol. The number of hydrogen-bond acceptors (Lipinski definition) is 6. The molecule has 0 aliphatic carbocycles. The number of H-pyrrole nitrogens is 1. The van der Waals surface area contributed by atoms with Crippen molar-refractivity contribution in [2.45, 2.75) is 6.92 Å². The van der Waals surface area contributed by atoms with Gasteiger partial charge in [-0.2, -0.15) is 5.10 Å². The Balaban J connectivity index is 1.69. The minimum atomic E-state index is 0.344. The van der Waals surface area contributed by atoms with Gasteiger partial charge in [-0.1, -0.05) is 17.7 Å². The molecule has 0 amide bonds. The normalized spacial score (nSPS) is 11.4. The summed E-state index contributed by atoms with van der Waals surface area (Å²) in [5, 5.41) is 17.1. The first kappa shape index (κ1) is 14.9. The van der Waals surface area contributed by atoms with E-state index in [0.717, 1.165) is 27.5 Å². The van der Waals surface area contributed by atoms with Gasteiger partial charge in [0.1, 0.15) is 5.69 Å². The molecule has 3 aromatic heterocycles. The van der Waals surface area contributed by atoms with Gasteiger partial charge in [-0.05, 0) is 25.1 Å². The van der Waals surface area contributed by atoms with Gasteiger partial charge in [0.15, 0.2) is 11.6 Å². The van der Waals surface area contributed by atoms with Crippen LogP contribution in [0.25, 0.3) is 21.9 Å². The van der Waals surface area contributed by atoms with Crippen LogP contribution in [0.3, 0.4) is 0 Å². The first-order chi connectivity index (χ1) is 12.2. The van der Waals surface area contributed by atoms with Crippen molar-refractivity contribution in [3.05, 3.63) is 60.7 Å². The van der Waals surface area contributed by atoms with Gasteiger partial charge in [-0.25, -0.2) is 9.97 Å². The fourth-order valence-electron chi connectivity index (χ4n) is 2.56. The zero-order valence-electron chi connectivity index (χ0n) is 13.5. The van der Waals surface area contributed by atoms with Gasteiger partial charge in [0.2, 0.25) is 0 Å². The molecule has 25 heavy (non-hydrogen) atoms. The maximum atomic E-state index is 5.99. The monoisotopic (exact) mass is 329 g/mol. The zero-order valence-corrected chi connectivity index (χ0v) is 13.5. The third-order valence-electron chi connectivity index (χ3n) is 3.88. The van der Waals surface area contributed by atoms with Crippen molar-refractivity contribution in [2.24, 2.45) is 10.2 Å². The quantitative estimate of drug-likeness (QED) is 0.546. The maximum Gasteiger partial charge on any atom is 0.174 e. The largest absolute Gasteiger partial charge is 0.382 e. The summed E-state index contributed by atoms with van der Waals surface area (Å²) in [5.74, 6) is 0.841. The van der Waals surface area contributed by atoms with Gasteiger partial charge in [0.25, 0.3) is 0 Å². The molecule has 4 aromatic rings. The first-order valence-electron chi connectivity index (χ1n) is 7.72. The highest BCUT2D eigenvalue weighted by molar-refractivity contribution is 5.96. The molecule has 0 fully saturated rings. The van der Waals surface area contributed by atoms with E-state index in [1.165, 1.54) is 0 Å². The summed E-state index contributed by atoms with van der Waals surface area (Å²) in [7, 11) is 0. The standard InChI is InChI=1S/C18H15N7/c1-11-2-3-13-8-21-18(19)17(15(13)6-11)25-24-16-5-4-12(7-20-16)14-9-22-23-10-14/h2-10H,1H3,(H2,19,21)(H,22,23). The zero-order chi connectivity index (χ0) is 17.2. The number of aryl methyl sites for hydroxylation is 1. The number of aromatic nitrogens is 4. The van der Waals surface area contributed by atoms with E-state index in [4.69, 9.17) is 5.73 Å². The van der Waals surface area contributed by atoms with Gasteiger partial charge in [-0.15, -0.1) is 10.2 Å². The van der Waals surface area contributed by atoms with E-state index < -0.39 is 0 Å². The van der Waals surface area contributed by atoms with Crippen LogP contribution in [0.1, 0.15) is 5.56 Å². The van der Waals surface area contributed by atoms with E-state index in [9.17, 15) is 0 Å². The molecule has 0 saturated heterocycles. The van der Waals surface area contributed by atoms with Crippen LogP contribution >= 0.6 is 0 Å². The van der Waals surface area contributed by atoms with Crippen LogP contribution in [-0.2, 0) is 0 Å². The lowest BCUT2D eigenvalue weighted by molar-refractivity contribution is 1.09. The van der Waals surface area contributed by atoms with E-state index in [1.54, 1.807) is 24.7 Å². The number of hydrogen-bond donors (Lipinski definition) is 2. The fourth-order valence-corrected chi connectivity index (χ4v) is 2.56. The van der Waals surface area contributed by atoms with Gasteiger partial charge in [0, 0.05) is 40.5 Å². The lowest BCUT2D eigenvalue weighted by Gasteiger charge is -2.05. The second-order valence-corrected chi connectivity index (χ2v) is 5.67. The smallest absolute Gasteiger partial charge is 0.174 e. The van der Waals surface area contributed by atoms with Crippen LogP contribution in [0, 0.1) is 6.92 Å². The molecule has 4 rings (SSSR count). The summed E-state index contributed by atoms with van der Waals surface area (Å²) in [6.07, 6.45) is 7.02. The second kappa shape index (κ2) is 6.12. The molecule has 0 aliphatic heterocycles. The highest BCUT2D eigenvalue weighted by Crippen LogP contribution is 2.32. The summed E-state index contributed by atoms with van der Waals surface area (Å²) in [6.45, 7) is 2.02. The van der Waals surface area contributed by atoms with E-state index in [0.29, 0.717) is 17.3 Å². The third-order valence-corrected chi connectivity index (χ3v) is 3.88. The molecule has 3 heterocycles. The van der Waals surface area contributed by atoms with Gasteiger partial charge < -0.3 is 5.73 Å². The Morgan fingerprint density at radius 3 is 2.64 bits per heavy atom. The van der Waals surface area contributed by atoms with Crippen molar-refractivity contribution in [3.8, 4) is 11.1 Å². The number of aromatic amines is 1. The molecule has 1 aromatic carbocycles. The average Bonchev–Trinajstić information content (AvgIpc) is 3.16. The Morgan fingerprint density at radius 2 is 1.88 bits per heavy atom. The van der Waals surface area contributed by atoms with E-state index in [2.05, 4.69) is 30.4 Å². The lowest BCUT2D eigenvalue weighted by atomic mass is 10.1. The Labute approximate surface area is 143 Å². The van der Waals surface area contributed by atoms with Gasteiger partial charge >= 0.3 is 0 Å². The summed E-state index contributed by atoms with van der Waals surface area (Å²) in [4.78, 5) is 8.50. The van der Waals surface area contributed by atoms with Crippen molar-refractivity contribution < 1.29 is 0 Å². The van der Waals surface area contributed by atoms with E-state index in [1.807, 2.05) is 37.4 Å². The number of nitrogens with zero attached hydrogens (tertiary/aromatic N) is 5. The molecule has 0 bridgehead atoms. The third kappa shape index (κ3) is 2.94. The predicted molar refractivity (Wildman–Crippen MR) is 96.9 cm³/mol. The molecular weight excluding hydrogens is 314 g/mol. The van der Waals surface area contributed by atoms with Crippen molar-refractivity contribution in [2.75, 3.05) is 5.73 Å². The van der Waals surface area contributed by atoms with Crippen LogP contribution < -0.4 is 5.73 Å². The summed E-state index contributed by atoms with van der Waals surface area (Å²) in [6, 6.07) is 9.76. The Kier molecular flexibility index (Phi) is 3.66. The lowest BCUT2D eigenvalue weighted by Crippen LogP contribution is -1.91. The number of azo groups is 1. The minimum absolute atomic E-state index is 0.344. The fraction of sp³-hybridized carbons (Fsp3) is 0.0556. The molecule has 7 nitrogen and oxygen atoms in total. The highest BCUT2D eigenvalue weighted by atomic mass is 15.2. The topological polar surface area (TPSA) is 105 Å². The SMILES string of the molecule is Cc1ccc2cnc(N)c(N=Nc3ccc(-c4cn[nH]c4)cn3)c2c1. The molecule has 3 N–H and O–H groups in total. The molecule has 0 radical (unpaired) electrons. The van der Waals surface area contributed by atoms with Crippen molar-refractivity contribution in [1.82, 2.24) is 20.2 Å².